The summed E-state index contributed by atoms with van der Waals surface area (Å²) in [4.78, 5) is 33.2. The van der Waals surface area contributed by atoms with Gasteiger partial charge >= 0.3 is 6.18 Å². The molecule has 178 valence electrons. The topological polar surface area (TPSA) is 71.3 Å². The van der Waals surface area contributed by atoms with Crippen LogP contribution >= 0.6 is 34.8 Å². The van der Waals surface area contributed by atoms with E-state index < -0.39 is 29.4 Å². The van der Waals surface area contributed by atoms with Gasteiger partial charge < -0.3 is 4.90 Å². The van der Waals surface area contributed by atoms with Crippen LogP contribution in [0.25, 0.3) is 5.82 Å². The molecule has 0 N–H and O–H groups in total. The van der Waals surface area contributed by atoms with E-state index in [1.54, 1.807) is 13.8 Å². The molecule has 0 unspecified atom stereocenters. The second-order valence-corrected chi connectivity index (χ2v) is 8.91. The summed E-state index contributed by atoms with van der Waals surface area (Å²) in [6.45, 7) is 3.21. The Morgan fingerprint density at radius 2 is 1.82 bits per heavy atom. The van der Waals surface area contributed by atoms with E-state index in [0.717, 1.165) is 9.58 Å². The maximum Gasteiger partial charge on any atom is 0.435 e. The van der Waals surface area contributed by atoms with Crippen LogP contribution in [0, 0.1) is 0 Å². The van der Waals surface area contributed by atoms with Crippen molar-refractivity contribution in [3.8, 4) is 5.82 Å². The minimum Gasteiger partial charge on any atom is -0.318 e. The normalized spacial score (nSPS) is 14.1. The van der Waals surface area contributed by atoms with E-state index in [4.69, 9.17) is 34.8 Å². The van der Waals surface area contributed by atoms with Crippen molar-refractivity contribution in [1.29, 1.82) is 0 Å². The SMILES string of the molecule is CC(C)N1CN(C(=O)c2cc(C(F)(F)F)nn2-c2ncccc2Cl)c2c(Cl)cc(Cl)cc2C1=O. The van der Waals surface area contributed by atoms with Crippen LogP contribution in [0.5, 0.6) is 0 Å². The van der Waals surface area contributed by atoms with Crippen molar-refractivity contribution < 1.29 is 22.8 Å². The highest BCUT2D eigenvalue weighted by molar-refractivity contribution is 6.38. The van der Waals surface area contributed by atoms with Crippen molar-refractivity contribution in [2.75, 3.05) is 11.6 Å². The molecule has 0 atom stereocenters. The van der Waals surface area contributed by atoms with Crippen molar-refractivity contribution in [2.24, 2.45) is 0 Å². The van der Waals surface area contributed by atoms with Crippen molar-refractivity contribution in [1.82, 2.24) is 19.7 Å². The number of anilines is 1. The number of hydrogen-bond donors (Lipinski definition) is 0. The van der Waals surface area contributed by atoms with E-state index in [9.17, 15) is 22.8 Å². The summed E-state index contributed by atoms with van der Waals surface area (Å²) in [6, 6.07) is 5.85. The number of benzene rings is 1. The Balaban J connectivity index is 1.93. The smallest absolute Gasteiger partial charge is 0.318 e. The van der Waals surface area contributed by atoms with Gasteiger partial charge in [-0.15, -0.1) is 0 Å². The lowest BCUT2D eigenvalue weighted by Gasteiger charge is -2.39. The molecule has 3 heterocycles. The van der Waals surface area contributed by atoms with Gasteiger partial charge in [0.2, 0.25) is 0 Å². The molecule has 0 radical (unpaired) electrons. The van der Waals surface area contributed by atoms with Crippen LogP contribution in [0.15, 0.2) is 36.5 Å². The van der Waals surface area contributed by atoms with E-state index in [-0.39, 0.29) is 44.8 Å². The second kappa shape index (κ2) is 8.75. The average molecular weight is 533 g/mol. The van der Waals surface area contributed by atoms with Crippen LogP contribution in [0.4, 0.5) is 18.9 Å². The zero-order valence-corrected chi connectivity index (χ0v) is 19.8. The highest BCUT2D eigenvalue weighted by Crippen LogP contribution is 2.39. The minimum atomic E-state index is -4.84. The summed E-state index contributed by atoms with van der Waals surface area (Å²) < 4.78 is 41.3. The fraction of sp³-hybridized carbons (Fsp3) is 0.238. The number of hydrogen-bond acceptors (Lipinski definition) is 4. The Morgan fingerprint density at radius 1 is 1.12 bits per heavy atom. The van der Waals surface area contributed by atoms with Gasteiger partial charge in [0, 0.05) is 23.3 Å². The predicted octanol–water partition coefficient (Wildman–Crippen LogP) is 5.71. The van der Waals surface area contributed by atoms with Crippen molar-refractivity contribution >= 4 is 52.3 Å². The summed E-state index contributed by atoms with van der Waals surface area (Å²) in [5.74, 6) is -1.48. The van der Waals surface area contributed by atoms with E-state index in [1.165, 1.54) is 35.4 Å². The van der Waals surface area contributed by atoms with Crippen LogP contribution in [-0.4, -0.2) is 44.2 Å². The molecule has 3 aromatic rings. The number of fused-ring (bicyclic) bond motifs is 1. The van der Waals surface area contributed by atoms with Crippen LogP contribution < -0.4 is 4.90 Å². The molecule has 13 heteroatoms. The van der Waals surface area contributed by atoms with Gasteiger partial charge in [0.05, 0.1) is 21.3 Å². The number of carbonyl (C=O) groups is 2. The van der Waals surface area contributed by atoms with Crippen LogP contribution in [0.2, 0.25) is 15.1 Å². The van der Waals surface area contributed by atoms with Gasteiger partial charge in [-0.1, -0.05) is 34.8 Å². The first kappa shape index (κ1) is 24.3. The Hall–Kier alpha value is -2.82. The van der Waals surface area contributed by atoms with Crippen molar-refractivity contribution in [3.05, 3.63) is 68.5 Å². The number of pyridine rings is 1. The molecule has 1 aliphatic rings. The summed E-state index contributed by atoms with van der Waals surface area (Å²) >= 11 is 18.5. The molecular formula is C21H15Cl3F3N5O2. The first-order chi connectivity index (χ1) is 15.9. The molecule has 0 bridgehead atoms. The molecule has 0 aliphatic carbocycles. The number of nitrogens with zero attached hydrogens (tertiary/aromatic N) is 5. The van der Waals surface area contributed by atoms with Crippen LogP contribution in [-0.2, 0) is 6.18 Å². The Bertz CT molecular complexity index is 1310. The molecule has 0 spiro atoms. The number of rotatable bonds is 3. The average Bonchev–Trinajstić information content (AvgIpc) is 3.19. The maximum absolute atomic E-state index is 13.7. The number of aromatic nitrogens is 3. The first-order valence-electron chi connectivity index (χ1n) is 9.80. The van der Waals surface area contributed by atoms with E-state index in [2.05, 4.69) is 10.1 Å². The highest BCUT2D eigenvalue weighted by Gasteiger charge is 2.40. The first-order valence-corrected chi connectivity index (χ1v) is 10.9. The van der Waals surface area contributed by atoms with E-state index in [0.29, 0.717) is 6.07 Å². The van der Waals surface area contributed by atoms with Gasteiger partial charge in [0.1, 0.15) is 12.4 Å². The van der Waals surface area contributed by atoms with Gasteiger partial charge in [0.25, 0.3) is 11.8 Å². The van der Waals surface area contributed by atoms with E-state index in [1.807, 2.05) is 0 Å². The maximum atomic E-state index is 13.7. The zero-order chi connectivity index (χ0) is 24.9. The molecule has 2 amide bonds. The van der Waals surface area contributed by atoms with Crippen molar-refractivity contribution in [2.45, 2.75) is 26.1 Å². The largest absolute Gasteiger partial charge is 0.435 e. The Kier molecular flexibility index (Phi) is 6.26. The van der Waals surface area contributed by atoms with Gasteiger partial charge in [-0.25, -0.2) is 9.67 Å². The number of amides is 2. The molecule has 4 rings (SSSR count). The van der Waals surface area contributed by atoms with Gasteiger partial charge in [0.15, 0.2) is 11.5 Å². The lowest BCUT2D eigenvalue weighted by atomic mass is 10.1. The minimum absolute atomic E-state index is 0.00872. The third kappa shape index (κ3) is 4.21. The molecule has 7 nitrogen and oxygen atoms in total. The summed E-state index contributed by atoms with van der Waals surface area (Å²) in [5.41, 5.74) is -1.70. The predicted molar refractivity (Wildman–Crippen MR) is 121 cm³/mol. The molecule has 0 fully saturated rings. The fourth-order valence-corrected chi connectivity index (χ4v) is 4.31. The Labute approximate surface area is 206 Å². The van der Waals surface area contributed by atoms with Crippen LogP contribution in [0.3, 0.4) is 0 Å². The standard InChI is InChI=1S/C21H15Cl3F3N5O2/c1-10(2)30-9-31(17-12(19(30)33)6-11(22)7-14(17)24)20(34)15-8-16(21(25,26)27)29-32(15)18-13(23)4-3-5-28-18/h3-8,10H,9H2,1-2H3. The van der Waals surface area contributed by atoms with Gasteiger partial charge in [-0.05, 0) is 38.1 Å². The monoisotopic (exact) mass is 531 g/mol. The van der Waals surface area contributed by atoms with Crippen LogP contribution in [0.1, 0.15) is 40.4 Å². The fourth-order valence-electron chi connectivity index (χ4n) is 3.51. The van der Waals surface area contributed by atoms with Crippen molar-refractivity contribution in [3.63, 3.8) is 0 Å². The quantitative estimate of drug-likeness (QED) is 0.433. The molecule has 1 aliphatic heterocycles. The third-order valence-electron chi connectivity index (χ3n) is 5.11. The molecular weight excluding hydrogens is 518 g/mol. The zero-order valence-electron chi connectivity index (χ0n) is 17.6. The molecule has 0 saturated carbocycles. The molecule has 2 aromatic heterocycles. The highest BCUT2D eigenvalue weighted by atomic mass is 35.5. The number of halogens is 6. The molecule has 0 saturated heterocycles. The van der Waals surface area contributed by atoms with Gasteiger partial charge in [-0.2, -0.15) is 18.3 Å². The van der Waals surface area contributed by atoms with E-state index >= 15 is 0 Å². The summed E-state index contributed by atoms with van der Waals surface area (Å²) in [6.07, 6.45) is -3.54. The molecule has 34 heavy (non-hydrogen) atoms. The number of carbonyl (C=O) groups excluding carboxylic acids is 2. The summed E-state index contributed by atoms with van der Waals surface area (Å²) in [5, 5.41) is 3.69. The third-order valence-corrected chi connectivity index (χ3v) is 5.91. The molecule has 1 aromatic carbocycles. The Morgan fingerprint density at radius 3 is 2.44 bits per heavy atom. The number of alkyl halides is 3. The lowest BCUT2D eigenvalue weighted by Crippen LogP contribution is -2.52. The van der Waals surface area contributed by atoms with Gasteiger partial charge in [-0.3, -0.25) is 14.5 Å². The second-order valence-electron chi connectivity index (χ2n) is 7.66. The summed E-state index contributed by atoms with van der Waals surface area (Å²) in [7, 11) is 0. The lowest BCUT2D eigenvalue weighted by molar-refractivity contribution is -0.141.